The van der Waals surface area contributed by atoms with Crippen LogP contribution in [0.15, 0.2) is 24.3 Å². The number of methoxy groups -OCH3 is 1. The van der Waals surface area contributed by atoms with Crippen molar-refractivity contribution in [1.29, 1.82) is 0 Å². The second-order valence-electron chi connectivity index (χ2n) is 3.40. The Morgan fingerprint density at radius 1 is 1.29 bits per heavy atom. The Labute approximate surface area is 84.5 Å². The molecule has 0 spiro atoms. The van der Waals surface area contributed by atoms with Crippen LogP contribution in [0, 0.1) is 0 Å². The maximum absolute atomic E-state index is 8.79. The van der Waals surface area contributed by atoms with E-state index in [4.69, 9.17) is 15.6 Å². The standard InChI is InChI=1S/C11H17NO2/c1-14-8-10-4-2-9(3-5-10)6-11(12)7-13/h2-5,11,13H,6-8,12H2,1H3. The zero-order valence-electron chi connectivity index (χ0n) is 8.44. The first kappa shape index (κ1) is 11.2. The first-order chi connectivity index (χ1) is 6.76. The van der Waals surface area contributed by atoms with E-state index in [1.807, 2.05) is 24.3 Å². The van der Waals surface area contributed by atoms with Gasteiger partial charge < -0.3 is 15.6 Å². The molecule has 0 fully saturated rings. The highest BCUT2D eigenvalue weighted by atomic mass is 16.5. The summed E-state index contributed by atoms with van der Waals surface area (Å²) < 4.78 is 5.01. The lowest BCUT2D eigenvalue weighted by Crippen LogP contribution is -2.26. The van der Waals surface area contributed by atoms with Gasteiger partial charge in [-0.25, -0.2) is 0 Å². The van der Waals surface area contributed by atoms with Crippen molar-refractivity contribution in [2.45, 2.75) is 19.1 Å². The van der Waals surface area contributed by atoms with Gasteiger partial charge in [-0.2, -0.15) is 0 Å². The molecule has 0 aliphatic rings. The van der Waals surface area contributed by atoms with Crippen LogP contribution in [0.3, 0.4) is 0 Å². The molecule has 0 aromatic heterocycles. The van der Waals surface area contributed by atoms with Gasteiger partial charge in [0.15, 0.2) is 0 Å². The highest BCUT2D eigenvalue weighted by molar-refractivity contribution is 5.22. The minimum absolute atomic E-state index is 0.0276. The van der Waals surface area contributed by atoms with Crippen molar-refractivity contribution >= 4 is 0 Å². The predicted molar refractivity (Wildman–Crippen MR) is 55.9 cm³/mol. The van der Waals surface area contributed by atoms with Crippen LogP contribution in [0.1, 0.15) is 11.1 Å². The fourth-order valence-corrected chi connectivity index (χ4v) is 1.31. The number of ether oxygens (including phenoxy) is 1. The highest BCUT2D eigenvalue weighted by Gasteiger charge is 2.01. The monoisotopic (exact) mass is 195 g/mol. The molecule has 1 atom stereocenters. The van der Waals surface area contributed by atoms with Gasteiger partial charge in [0.2, 0.25) is 0 Å². The second-order valence-corrected chi connectivity index (χ2v) is 3.40. The number of aliphatic hydroxyl groups is 1. The minimum atomic E-state index is -0.164. The summed E-state index contributed by atoms with van der Waals surface area (Å²) in [6.07, 6.45) is 0.712. The van der Waals surface area contributed by atoms with E-state index in [2.05, 4.69) is 0 Å². The van der Waals surface area contributed by atoms with Crippen molar-refractivity contribution in [3.63, 3.8) is 0 Å². The summed E-state index contributed by atoms with van der Waals surface area (Å²) in [6.45, 7) is 0.659. The largest absolute Gasteiger partial charge is 0.395 e. The summed E-state index contributed by atoms with van der Waals surface area (Å²) in [5, 5.41) is 8.79. The molecule has 0 aliphatic heterocycles. The summed E-state index contributed by atoms with van der Waals surface area (Å²) in [5.74, 6) is 0. The van der Waals surface area contributed by atoms with Gasteiger partial charge >= 0.3 is 0 Å². The number of hydrogen-bond acceptors (Lipinski definition) is 3. The van der Waals surface area contributed by atoms with Gasteiger partial charge in [-0.1, -0.05) is 24.3 Å². The number of aliphatic hydroxyl groups excluding tert-OH is 1. The molecule has 3 heteroatoms. The van der Waals surface area contributed by atoms with Crippen LogP contribution in [0.2, 0.25) is 0 Å². The Morgan fingerprint density at radius 2 is 1.86 bits per heavy atom. The topological polar surface area (TPSA) is 55.5 Å². The van der Waals surface area contributed by atoms with Gasteiger partial charge in [-0.3, -0.25) is 0 Å². The molecule has 0 aliphatic carbocycles. The molecule has 1 aromatic carbocycles. The normalized spacial score (nSPS) is 12.8. The molecule has 78 valence electrons. The molecule has 0 bridgehead atoms. The molecule has 14 heavy (non-hydrogen) atoms. The average molecular weight is 195 g/mol. The number of rotatable bonds is 5. The summed E-state index contributed by atoms with van der Waals surface area (Å²) in [7, 11) is 1.68. The lowest BCUT2D eigenvalue weighted by Gasteiger charge is -2.08. The quantitative estimate of drug-likeness (QED) is 0.727. The van der Waals surface area contributed by atoms with Crippen molar-refractivity contribution < 1.29 is 9.84 Å². The maximum Gasteiger partial charge on any atom is 0.0713 e. The molecule has 0 saturated heterocycles. The average Bonchev–Trinajstić information content (AvgIpc) is 2.21. The SMILES string of the molecule is COCc1ccc(CC(N)CO)cc1. The fourth-order valence-electron chi connectivity index (χ4n) is 1.31. The van der Waals surface area contributed by atoms with Gasteiger partial charge in [0.05, 0.1) is 13.2 Å². The Kier molecular flexibility index (Phi) is 4.59. The van der Waals surface area contributed by atoms with Gasteiger partial charge in [0, 0.05) is 13.2 Å². The molecule has 1 unspecified atom stereocenters. The van der Waals surface area contributed by atoms with Crippen LogP contribution >= 0.6 is 0 Å². The second kappa shape index (κ2) is 5.75. The van der Waals surface area contributed by atoms with Crippen molar-refractivity contribution in [1.82, 2.24) is 0 Å². The van der Waals surface area contributed by atoms with Crippen LogP contribution in [-0.2, 0) is 17.8 Å². The molecule has 3 nitrogen and oxygen atoms in total. The first-order valence-electron chi connectivity index (χ1n) is 4.69. The van der Waals surface area contributed by atoms with E-state index in [-0.39, 0.29) is 12.6 Å². The highest BCUT2D eigenvalue weighted by Crippen LogP contribution is 2.07. The van der Waals surface area contributed by atoms with E-state index in [9.17, 15) is 0 Å². The van der Waals surface area contributed by atoms with Gasteiger partial charge in [-0.15, -0.1) is 0 Å². The zero-order chi connectivity index (χ0) is 10.4. The van der Waals surface area contributed by atoms with E-state index in [1.54, 1.807) is 7.11 Å². The van der Waals surface area contributed by atoms with E-state index in [1.165, 1.54) is 0 Å². The molecule has 0 heterocycles. The molecule has 0 radical (unpaired) electrons. The summed E-state index contributed by atoms with van der Waals surface area (Å²) in [6, 6.07) is 7.91. The minimum Gasteiger partial charge on any atom is -0.395 e. The fraction of sp³-hybridized carbons (Fsp3) is 0.455. The number of nitrogens with two attached hydrogens (primary N) is 1. The first-order valence-corrected chi connectivity index (χ1v) is 4.69. The van der Waals surface area contributed by atoms with E-state index < -0.39 is 0 Å². The zero-order valence-corrected chi connectivity index (χ0v) is 8.44. The third-order valence-electron chi connectivity index (χ3n) is 2.07. The Morgan fingerprint density at radius 3 is 2.36 bits per heavy atom. The van der Waals surface area contributed by atoms with Crippen LogP contribution in [-0.4, -0.2) is 24.9 Å². The van der Waals surface area contributed by atoms with Crippen LogP contribution in [0.25, 0.3) is 0 Å². The van der Waals surface area contributed by atoms with Crippen LogP contribution in [0.5, 0.6) is 0 Å². The smallest absolute Gasteiger partial charge is 0.0713 e. The molecular formula is C11H17NO2. The van der Waals surface area contributed by atoms with Crippen molar-refractivity contribution in [2.24, 2.45) is 5.73 Å². The lowest BCUT2D eigenvalue weighted by atomic mass is 10.1. The third kappa shape index (κ3) is 3.46. The molecular weight excluding hydrogens is 178 g/mol. The van der Waals surface area contributed by atoms with E-state index >= 15 is 0 Å². The summed E-state index contributed by atoms with van der Waals surface area (Å²) in [5.41, 5.74) is 7.92. The Balaban J connectivity index is 2.54. The Hall–Kier alpha value is -0.900. The Bertz CT molecular complexity index is 258. The van der Waals surface area contributed by atoms with Gasteiger partial charge in [-0.05, 0) is 17.5 Å². The molecule has 1 aromatic rings. The summed E-state index contributed by atoms with van der Waals surface area (Å²) >= 11 is 0. The predicted octanol–water partition coefficient (Wildman–Crippen LogP) is 0.695. The number of benzene rings is 1. The maximum atomic E-state index is 8.79. The lowest BCUT2D eigenvalue weighted by molar-refractivity contribution is 0.185. The van der Waals surface area contributed by atoms with Crippen molar-refractivity contribution in [3.8, 4) is 0 Å². The van der Waals surface area contributed by atoms with E-state index in [0.29, 0.717) is 13.0 Å². The summed E-state index contributed by atoms with van der Waals surface area (Å²) in [4.78, 5) is 0. The van der Waals surface area contributed by atoms with Gasteiger partial charge in [0.1, 0.15) is 0 Å². The number of hydrogen-bond donors (Lipinski definition) is 2. The molecule has 1 rings (SSSR count). The molecule has 3 N–H and O–H groups in total. The van der Waals surface area contributed by atoms with Gasteiger partial charge in [0.25, 0.3) is 0 Å². The third-order valence-corrected chi connectivity index (χ3v) is 2.07. The van der Waals surface area contributed by atoms with Crippen LogP contribution < -0.4 is 5.73 Å². The van der Waals surface area contributed by atoms with Crippen molar-refractivity contribution in [2.75, 3.05) is 13.7 Å². The molecule has 0 amide bonds. The van der Waals surface area contributed by atoms with E-state index in [0.717, 1.165) is 11.1 Å². The molecule has 0 saturated carbocycles. The van der Waals surface area contributed by atoms with Crippen molar-refractivity contribution in [3.05, 3.63) is 35.4 Å². The van der Waals surface area contributed by atoms with Crippen LogP contribution in [0.4, 0.5) is 0 Å².